The lowest BCUT2D eigenvalue weighted by molar-refractivity contribution is 0.0570. The van der Waals surface area contributed by atoms with Gasteiger partial charge in [-0.1, -0.05) is 38.2 Å². The second-order valence-corrected chi connectivity index (χ2v) is 4.63. The zero-order valence-corrected chi connectivity index (χ0v) is 8.86. The lowest BCUT2D eigenvalue weighted by Crippen LogP contribution is -2.39. The Morgan fingerprint density at radius 1 is 1.29 bits per heavy atom. The van der Waals surface area contributed by atoms with Crippen molar-refractivity contribution in [3.8, 4) is 0 Å². The fourth-order valence-electron chi connectivity index (χ4n) is 2.71. The van der Waals surface area contributed by atoms with Gasteiger partial charge in [-0.05, 0) is 24.7 Å². The van der Waals surface area contributed by atoms with Crippen LogP contribution in [0.1, 0.15) is 39.0 Å². The Hall–Kier alpha value is -0.275. The summed E-state index contributed by atoms with van der Waals surface area (Å²) in [5.41, 5.74) is 0. The van der Waals surface area contributed by atoms with Crippen molar-refractivity contribution < 1.29 is 9.68 Å². The van der Waals surface area contributed by atoms with Crippen LogP contribution in [-0.4, -0.2) is 18.2 Å². The summed E-state index contributed by atoms with van der Waals surface area (Å²) in [6, 6.07) is 0. The summed E-state index contributed by atoms with van der Waals surface area (Å²) >= 11 is 0. The van der Waals surface area contributed by atoms with Crippen molar-refractivity contribution in [2.45, 2.75) is 45.1 Å². The van der Waals surface area contributed by atoms with E-state index < -0.39 is 7.12 Å². The molecule has 0 radical (unpaired) electrons. The van der Waals surface area contributed by atoms with Crippen LogP contribution in [0.5, 0.6) is 0 Å². The summed E-state index contributed by atoms with van der Waals surface area (Å²) in [7, 11) is -0.668. The molecule has 2 nitrogen and oxygen atoms in total. The highest BCUT2D eigenvalue weighted by Gasteiger charge is 2.32. The van der Waals surface area contributed by atoms with Gasteiger partial charge < -0.3 is 9.68 Å². The molecule has 2 aliphatic rings. The number of hydrogen-bond donors (Lipinski definition) is 1. The number of rotatable bonds is 1. The average Bonchev–Trinajstić information content (AvgIpc) is 2.23. The van der Waals surface area contributed by atoms with E-state index in [4.69, 9.17) is 4.65 Å². The molecule has 0 aromatic carbocycles. The van der Waals surface area contributed by atoms with Crippen molar-refractivity contribution in [2.24, 2.45) is 11.8 Å². The molecular formula is C11H19BO2. The standard InChI is InChI=1S/C11H19BO2/c1-9-7-8-12(13)14-11(9)10-5-3-2-4-6-10/h7-11,13H,2-6H2,1H3/t9-,11-/m1/s1. The van der Waals surface area contributed by atoms with Gasteiger partial charge in [-0.25, -0.2) is 0 Å². The molecule has 3 heteroatoms. The first-order valence-electron chi connectivity index (χ1n) is 5.79. The lowest BCUT2D eigenvalue weighted by atomic mass is 9.75. The molecule has 14 heavy (non-hydrogen) atoms. The van der Waals surface area contributed by atoms with Gasteiger partial charge >= 0.3 is 7.12 Å². The maximum atomic E-state index is 9.42. The third-order valence-corrected chi connectivity index (χ3v) is 3.51. The summed E-state index contributed by atoms with van der Waals surface area (Å²) in [6.07, 6.45) is 8.91. The summed E-state index contributed by atoms with van der Waals surface area (Å²) in [6.45, 7) is 2.18. The minimum atomic E-state index is -0.668. The normalized spacial score (nSPS) is 34.9. The molecule has 2 rings (SSSR count). The van der Waals surface area contributed by atoms with Gasteiger partial charge in [0, 0.05) is 0 Å². The molecule has 0 aromatic heterocycles. The van der Waals surface area contributed by atoms with Gasteiger partial charge in [0.05, 0.1) is 6.10 Å². The van der Waals surface area contributed by atoms with E-state index in [2.05, 4.69) is 13.0 Å². The van der Waals surface area contributed by atoms with Crippen LogP contribution in [0.2, 0.25) is 0 Å². The van der Waals surface area contributed by atoms with Crippen LogP contribution in [0.3, 0.4) is 0 Å². The molecule has 1 saturated carbocycles. The SMILES string of the molecule is C[C@@H]1C=CB(O)O[C@H]1C1CCCCC1. The topological polar surface area (TPSA) is 29.5 Å². The van der Waals surface area contributed by atoms with Crippen molar-refractivity contribution in [1.29, 1.82) is 0 Å². The lowest BCUT2D eigenvalue weighted by Gasteiger charge is -2.36. The van der Waals surface area contributed by atoms with Crippen LogP contribution in [-0.2, 0) is 4.65 Å². The second kappa shape index (κ2) is 4.50. The first-order chi connectivity index (χ1) is 6.77. The summed E-state index contributed by atoms with van der Waals surface area (Å²) in [4.78, 5) is 0. The Labute approximate surface area is 86.5 Å². The second-order valence-electron chi connectivity index (χ2n) is 4.63. The maximum absolute atomic E-state index is 9.42. The maximum Gasteiger partial charge on any atom is 0.483 e. The highest BCUT2D eigenvalue weighted by Crippen LogP contribution is 2.33. The molecule has 1 aliphatic carbocycles. The van der Waals surface area contributed by atoms with Crippen molar-refractivity contribution in [1.82, 2.24) is 0 Å². The molecule has 0 unspecified atom stereocenters. The summed E-state index contributed by atoms with van der Waals surface area (Å²) < 4.78 is 5.61. The van der Waals surface area contributed by atoms with Gasteiger partial charge in [0.1, 0.15) is 0 Å². The third kappa shape index (κ3) is 2.21. The predicted molar refractivity (Wildman–Crippen MR) is 57.7 cm³/mol. The average molecular weight is 194 g/mol. The van der Waals surface area contributed by atoms with Crippen LogP contribution in [0, 0.1) is 11.8 Å². The van der Waals surface area contributed by atoms with Gasteiger partial charge in [0.15, 0.2) is 0 Å². The monoisotopic (exact) mass is 194 g/mol. The van der Waals surface area contributed by atoms with Crippen LogP contribution in [0.25, 0.3) is 0 Å². The quantitative estimate of drug-likeness (QED) is 0.648. The predicted octanol–water partition coefficient (Wildman–Crippen LogP) is 2.18. The Bertz CT molecular complexity index is 211. The van der Waals surface area contributed by atoms with Crippen molar-refractivity contribution >= 4 is 7.12 Å². The summed E-state index contributed by atoms with van der Waals surface area (Å²) in [5, 5.41) is 9.42. The van der Waals surface area contributed by atoms with Crippen LogP contribution >= 0.6 is 0 Å². The molecule has 78 valence electrons. The molecule has 1 heterocycles. The van der Waals surface area contributed by atoms with E-state index in [1.807, 2.05) is 0 Å². The minimum absolute atomic E-state index is 0.246. The minimum Gasteiger partial charge on any atom is -0.423 e. The van der Waals surface area contributed by atoms with E-state index in [0.717, 1.165) is 0 Å². The highest BCUT2D eigenvalue weighted by molar-refractivity contribution is 6.49. The van der Waals surface area contributed by atoms with Crippen molar-refractivity contribution in [3.05, 3.63) is 12.1 Å². The van der Waals surface area contributed by atoms with E-state index in [9.17, 15) is 5.02 Å². The Morgan fingerprint density at radius 3 is 2.71 bits per heavy atom. The molecule has 0 aromatic rings. The zero-order chi connectivity index (χ0) is 9.97. The first-order valence-corrected chi connectivity index (χ1v) is 5.79. The van der Waals surface area contributed by atoms with E-state index >= 15 is 0 Å². The molecule has 2 atom stereocenters. The van der Waals surface area contributed by atoms with Gasteiger partial charge in [-0.15, -0.1) is 0 Å². The highest BCUT2D eigenvalue weighted by atomic mass is 16.5. The van der Waals surface area contributed by atoms with E-state index in [1.54, 1.807) is 5.98 Å². The molecule has 0 amide bonds. The third-order valence-electron chi connectivity index (χ3n) is 3.51. The van der Waals surface area contributed by atoms with E-state index in [1.165, 1.54) is 32.1 Å². The Balaban J connectivity index is 1.98. The van der Waals surface area contributed by atoms with Crippen LogP contribution in [0.4, 0.5) is 0 Å². The Morgan fingerprint density at radius 2 is 2.00 bits per heavy atom. The zero-order valence-electron chi connectivity index (χ0n) is 8.86. The molecule has 0 spiro atoms. The van der Waals surface area contributed by atoms with Crippen LogP contribution in [0.15, 0.2) is 12.1 Å². The smallest absolute Gasteiger partial charge is 0.423 e. The molecule has 0 bridgehead atoms. The molecule has 1 N–H and O–H groups in total. The molecule has 1 aliphatic heterocycles. The fourth-order valence-corrected chi connectivity index (χ4v) is 2.71. The van der Waals surface area contributed by atoms with Crippen molar-refractivity contribution in [3.63, 3.8) is 0 Å². The fraction of sp³-hybridized carbons (Fsp3) is 0.818. The van der Waals surface area contributed by atoms with E-state index in [-0.39, 0.29) is 6.10 Å². The Kier molecular flexibility index (Phi) is 3.29. The first kappa shape index (κ1) is 10.2. The van der Waals surface area contributed by atoms with Crippen LogP contribution < -0.4 is 0 Å². The molecular weight excluding hydrogens is 175 g/mol. The number of hydrogen-bond acceptors (Lipinski definition) is 2. The van der Waals surface area contributed by atoms with Crippen molar-refractivity contribution in [2.75, 3.05) is 0 Å². The summed E-state index contributed by atoms with van der Waals surface area (Å²) in [5.74, 6) is 2.88. The van der Waals surface area contributed by atoms with Gasteiger partial charge in [-0.3, -0.25) is 0 Å². The largest absolute Gasteiger partial charge is 0.483 e. The van der Waals surface area contributed by atoms with E-state index in [0.29, 0.717) is 11.8 Å². The molecule has 0 saturated heterocycles. The van der Waals surface area contributed by atoms with Gasteiger partial charge in [-0.2, -0.15) is 0 Å². The van der Waals surface area contributed by atoms with Gasteiger partial charge in [0.25, 0.3) is 0 Å². The van der Waals surface area contributed by atoms with Gasteiger partial charge in [0.2, 0.25) is 0 Å². The molecule has 1 fully saturated rings.